The average Bonchev–Trinajstić information content (AvgIpc) is 2.87. The smallest absolute Gasteiger partial charge is 0.309 e. The quantitative estimate of drug-likeness (QED) is 0.799. The van der Waals surface area contributed by atoms with Gasteiger partial charge in [-0.15, -0.1) is 0 Å². The van der Waals surface area contributed by atoms with Crippen molar-refractivity contribution in [3.05, 3.63) is 35.4 Å². The van der Waals surface area contributed by atoms with Gasteiger partial charge >= 0.3 is 5.97 Å². The topological polar surface area (TPSA) is 69.6 Å². The number of nitrogens with one attached hydrogen (secondary N) is 1. The molecule has 4 bridgehead atoms. The number of carbonyl (C=O) groups is 2. The number of fused-ring (bicyclic) bond motifs is 1. The molecule has 0 aromatic heterocycles. The van der Waals surface area contributed by atoms with Crippen molar-refractivity contribution in [2.75, 3.05) is 6.54 Å². The second-order valence-electron chi connectivity index (χ2n) is 10.6. The van der Waals surface area contributed by atoms with E-state index in [0.717, 1.165) is 51.5 Å². The molecule has 1 heterocycles. The van der Waals surface area contributed by atoms with Crippen molar-refractivity contribution in [2.45, 2.75) is 76.9 Å². The number of benzene rings is 1. The van der Waals surface area contributed by atoms with Crippen LogP contribution < -0.4 is 5.32 Å². The average molecular weight is 411 g/mol. The SMILES string of the molecule is CC1Cc2ccccc2CCN1C(C)C(=O)NC1[C@@H]2CC3C[C@H]1CC(C(=O)O)(C3)C2. The van der Waals surface area contributed by atoms with E-state index in [9.17, 15) is 14.7 Å². The van der Waals surface area contributed by atoms with Crippen LogP contribution in [0.15, 0.2) is 24.3 Å². The first-order chi connectivity index (χ1) is 14.4. The highest BCUT2D eigenvalue weighted by Gasteiger charge is 2.59. The Balaban J connectivity index is 1.27. The predicted molar refractivity (Wildman–Crippen MR) is 115 cm³/mol. The molecule has 1 aromatic rings. The molecule has 2 N–H and O–H groups in total. The summed E-state index contributed by atoms with van der Waals surface area (Å²) >= 11 is 0. The molecule has 0 saturated heterocycles. The van der Waals surface area contributed by atoms with Gasteiger partial charge < -0.3 is 10.4 Å². The Hall–Kier alpha value is -1.88. The third kappa shape index (κ3) is 3.26. The Bertz CT molecular complexity index is 837. The van der Waals surface area contributed by atoms with Gasteiger partial charge in [-0.25, -0.2) is 0 Å². The predicted octanol–water partition coefficient (Wildman–Crippen LogP) is 3.26. The number of carboxylic acids is 1. The van der Waals surface area contributed by atoms with Gasteiger partial charge in [0, 0.05) is 18.6 Å². The molecular formula is C25H34N2O3. The van der Waals surface area contributed by atoms with Crippen LogP contribution in [0.2, 0.25) is 0 Å². The highest BCUT2D eigenvalue weighted by Crippen LogP contribution is 2.60. The van der Waals surface area contributed by atoms with Crippen LogP contribution in [0.5, 0.6) is 0 Å². The van der Waals surface area contributed by atoms with Gasteiger partial charge in [-0.05, 0) is 87.7 Å². The lowest BCUT2D eigenvalue weighted by atomic mass is 9.48. The zero-order valence-corrected chi connectivity index (χ0v) is 18.1. The first kappa shape index (κ1) is 20.0. The van der Waals surface area contributed by atoms with Crippen molar-refractivity contribution in [3.63, 3.8) is 0 Å². The standard InChI is InChI=1S/C25H34N2O3/c1-15-9-19-6-4-3-5-18(19)7-8-27(15)16(2)23(28)26-22-20-10-17-11-21(22)14-25(12-17,13-20)24(29)30/h3-6,15-17,20-22H,7-14H2,1-2H3,(H,26,28)(H,29,30)/t15?,16?,17?,20-,21+,22?,25?. The molecule has 4 saturated carbocycles. The van der Waals surface area contributed by atoms with Crippen LogP contribution in [0, 0.1) is 23.2 Å². The summed E-state index contributed by atoms with van der Waals surface area (Å²) in [4.78, 5) is 27.6. The van der Waals surface area contributed by atoms with E-state index >= 15 is 0 Å². The minimum atomic E-state index is -0.613. The lowest BCUT2D eigenvalue weighted by Gasteiger charge is -2.58. The van der Waals surface area contributed by atoms with Crippen molar-refractivity contribution in [1.29, 1.82) is 0 Å². The van der Waals surface area contributed by atoms with Gasteiger partial charge in [0.1, 0.15) is 0 Å². The maximum absolute atomic E-state index is 13.3. The van der Waals surface area contributed by atoms with Crippen LogP contribution in [0.4, 0.5) is 0 Å². The largest absolute Gasteiger partial charge is 0.481 e. The fourth-order valence-electron chi connectivity index (χ4n) is 7.44. The summed E-state index contributed by atoms with van der Waals surface area (Å²) < 4.78 is 0. The molecule has 0 spiro atoms. The van der Waals surface area contributed by atoms with E-state index in [4.69, 9.17) is 0 Å². The number of hydrogen-bond acceptors (Lipinski definition) is 3. The summed E-state index contributed by atoms with van der Waals surface area (Å²) in [6, 6.07) is 8.95. The van der Waals surface area contributed by atoms with Gasteiger partial charge in [0.25, 0.3) is 0 Å². The van der Waals surface area contributed by atoms with Crippen LogP contribution in [0.3, 0.4) is 0 Å². The summed E-state index contributed by atoms with van der Waals surface area (Å²) in [6.07, 6.45) is 6.45. The molecule has 4 aliphatic carbocycles. The Morgan fingerprint density at radius 2 is 1.80 bits per heavy atom. The Morgan fingerprint density at radius 3 is 2.47 bits per heavy atom. The van der Waals surface area contributed by atoms with E-state index in [1.54, 1.807) is 0 Å². The monoisotopic (exact) mass is 410 g/mol. The molecule has 5 nitrogen and oxygen atoms in total. The molecule has 5 unspecified atom stereocenters. The highest BCUT2D eigenvalue weighted by molar-refractivity contribution is 5.82. The lowest BCUT2D eigenvalue weighted by Crippen LogP contribution is -2.62. The third-order valence-electron chi connectivity index (χ3n) is 8.75. The van der Waals surface area contributed by atoms with E-state index in [1.165, 1.54) is 11.1 Å². The van der Waals surface area contributed by atoms with Gasteiger partial charge in [-0.1, -0.05) is 24.3 Å². The van der Waals surface area contributed by atoms with Crippen molar-refractivity contribution < 1.29 is 14.7 Å². The highest BCUT2D eigenvalue weighted by atomic mass is 16.4. The fraction of sp³-hybridized carbons (Fsp3) is 0.680. The summed E-state index contributed by atoms with van der Waals surface area (Å²) in [5, 5.41) is 13.2. The second-order valence-corrected chi connectivity index (χ2v) is 10.6. The first-order valence-electron chi connectivity index (χ1n) is 11.7. The molecule has 1 aliphatic heterocycles. The lowest BCUT2D eigenvalue weighted by molar-refractivity contribution is -0.168. The van der Waals surface area contributed by atoms with E-state index in [0.29, 0.717) is 23.8 Å². The molecule has 1 amide bonds. The molecule has 30 heavy (non-hydrogen) atoms. The van der Waals surface area contributed by atoms with E-state index in [2.05, 4.69) is 41.4 Å². The minimum absolute atomic E-state index is 0.120. The number of nitrogens with zero attached hydrogens (tertiary/aromatic N) is 1. The zero-order chi connectivity index (χ0) is 21.0. The number of rotatable bonds is 4. The maximum Gasteiger partial charge on any atom is 0.309 e. The molecule has 162 valence electrons. The van der Waals surface area contributed by atoms with Gasteiger partial charge in [-0.2, -0.15) is 0 Å². The van der Waals surface area contributed by atoms with Gasteiger partial charge in [-0.3, -0.25) is 14.5 Å². The number of carbonyl (C=O) groups excluding carboxylic acids is 1. The molecule has 6 rings (SSSR count). The van der Waals surface area contributed by atoms with Crippen LogP contribution >= 0.6 is 0 Å². The number of amides is 1. The maximum atomic E-state index is 13.3. The van der Waals surface area contributed by atoms with Crippen LogP contribution in [0.25, 0.3) is 0 Å². The second kappa shape index (κ2) is 7.37. The molecule has 4 fully saturated rings. The molecular weight excluding hydrogens is 376 g/mol. The zero-order valence-electron chi connectivity index (χ0n) is 18.1. The van der Waals surface area contributed by atoms with Crippen LogP contribution in [-0.4, -0.2) is 46.6 Å². The first-order valence-corrected chi connectivity index (χ1v) is 11.7. The van der Waals surface area contributed by atoms with Gasteiger partial charge in [0.2, 0.25) is 5.91 Å². The van der Waals surface area contributed by atoms with Crippen molar-refractivity contribution in [1.82, 2.24) is 10.2 Å². The Kier molecular flexibility index (Phi) is 4.92. The van der Waals surface area contributed by atoms with Gasteiger partial charge in [0.15, 0.2) is 0 Å². The summed E-state index contributed by atoms with van der Waals surface area (Å²) in [5.74, 6) is 0.699. The van der Waals surface area contributed by atoms with E-state index in [1.807, 2.05) is 6.92 Å². The Morgan fingerprint density at radius 1 is 1.13 bits per heavy atom. The van der Waals surface area contributed by atoms with Crippen molar-refractivity contribution in [3.8, 4) is 0 Å². The molecule has 0 radical (unpaired) electrons. The van der Waals surface area contributed by atoms with E-state index in [-0.39, 0.29) is 18.0 Å². The summed E-state index contributed by atoms with van der Waals surface area (Å²) in [5.41, 5.74) is 2.29. The molecule has 7 atom stereocenters. The van der Waals surface area contributed by atoms with Crippen molar-refractivity contribution in [2.24, 2.45) is 23.2 Å². The number of carboxylic acid groups (broad SMARTS) is 1. The Labute approximate surface area is 179 Å². The molecule has 1 aromatic carbocycles. The van der Waals surface area contributed by atoms with Crippen LogP contribution in [-0.2, 0) is 22.4 Å². The normalized spacial score (nSPS) is 38.5. The minimum Gasteiger partial charge on any atom is -0.481 e. The van der Waals surface area contributed by atoms with Gasteiger partial charge in [0.05, 0.1) is 11.5 Å². The summed E-state index contributed by atoms with van der Waals surface area (Å²) in [7, 11) is 0. The fourth-order valence-corrected chi connectivity index (χ4v) is 7.44. The van der Waals surface area contributed by atoms with E-state index < -0.39 is 11.4 Å². The van der Waals surface area contributed by atoms with Crippen LogP contribution in [0.1, 0.15) is 57.1 Å². The number of hydrogen-bond donors (Lipinski definition) is 2. The third-order valence-corrected chi connectivity index (χ3v) is 8.75. The van der Waals surface area contributed by atoms with Crippen molar-refractivity contribution >= 4 is 11.9 Å². The molecule has 5 aliphatic rings. The summed E-state index contributed by atoms with van der Waals surface area (Å²) in [6.45, 7) is 5.16. The number of aliphatic carboxylic acids is 1. The molecule has 5 heteroatoms.